The van der Waals surface area contributed by atoms with Crippen LogP contribution in [0.2, 0.25) is 0 Å². The summed E-state index contributed by atoms with van der Waals surface area (Å²) < 4.78 is 0. The lowest BCUT2D eigenvalue weighted by Crippen LogP contribution is -2.50. The third-order valence-corrected chi connectivity index (χ3v) is 3.91. The molecule has 0 saturated carbocycles. The van der Waals surface area contributed by atoms with Crippen LogP contribution in [0.25, 0.3) is 0 Å². The van der Waals surface area contributed by atoms with E-state index in [1.807, 2.05) is 0 Å². The summed E-state index contributed by atoms with van der Waals surface area (Å²) in [7, 11) is 0. The van der Waals surface area contributed by atoms with Crippen LogP contribution in [0.1, 0.15) is 19.8 Å². The first kappa shape index (κ1) is 15.2. The molecule has 2 amide bonds. The highest BCUT2D eigenvalue weighted by atomic mass is 16.6. The van der Waals surface area contributed by atoms with E-state index in [-0.39, 0.29) is 17.8 Å². The fraction of sp³-hybridized carbons (Fsp3) is 0.500. The van der Waals surface area contributed by atoms with Gasteiger partial charge < -0.3 is 16.0 Å². The molecular weight excluding hydrogens is 272 g/mol. The van der Waals surface area contributed by atoms with Gasteiger partial charge in [-0.25, -0.2) is 4.79 Å². The zero-order valence-electron chi connectivity index (χ0n) is 12.0. The number of benzene rings is 1. The van der Waals surface area contributed by atoms with Crippen molar-refractivity contribution in [1.82, 2.24) is 4.90 Å². The van der Waals surface area contributed by atoms with Gasteiger partial charge in [-0.1, -0.05) is 19.4 Å². The van der Waals surface area contributed by atoms with E-state index in [1.54, 1.807) is 17.0 Å². The van der Waals surface area contributed by atoms with Crippen molar-refractivity contribution in [3.05, 3.63) is 34.4 Å². The van der Waals surface area contributed by atoms with Crippen molar-refractivity contribution in [3.8, 4) is 0 Å². The number of non-ortho nitro benzene ring substituents is 1. The van der Waals surface area contributed by atoms with Crippen LogP contribution in [-0.4, -0.2) is 35.0 Å². The lowest BCUT2D eigenvalue weighted by atomic mass is 9.91. The number of nitrogens with zero attached hydrogens (tertiary/aromatic N) is 2. The molecule has 0 spiro atoms. The van der Waals surface area contributed by atoms with E-state index in [2.05, 4.69) is 12.2 Å². The molecule has 1 saturated heterocycles. The molecule has 1 aromatic rings. The number of likely N-dealkylation sites (tertiary alicyclic amines) is 1. The van der Waals surface area contributed by atoms with Crippen LogP contribution in [0, 0.1) is 16.0 Å². The molecule has 3 N–H and O–H groups in total. The van der Waals surface area contributed by atoms with Crippen molar-refractivity contribution >= 4 is 17.4 Å². The van der Waals surface area contributed by atoms with E-state index in [0.717, 1.165) is 12.8 Å². The number of nitrogens with one attached hydrogen (secondary N) is 1. The highest BCUT2D eigenvalue weighted by Gasteiger charge is 2.28. The van der Waals surface area contributed by atoms with Crippen molar-refractivity contribution in [2.75, 3.05) is 18.4 Å². The fourth-order valence-corrected chi connectivity index (χ4v) is 2.57. The van der Waals surface area contributed by atoms with Gasteiger partial charge in [-0.2, -0.15) is 0 Å². The molecule has 1 fully saturated rings. The minimum atomic E-state index is -0.483. The second-order valence-corrected chi connectivity index (χ2v) is 5.30. The number of amides is 2. The second-order valence-electron chi connectivity index (χ2n) is 5.30. The van der Waals surface area contributed by atoms with Crippen LogP contribution in [0.5, 0.6) is 0 Å². The molecule has 1 aliphatic heterocycles. The monoisotopic (exact) mass is 292 g/mol. The molecular formula is C14H20N4O3. The molecule has 7 nitrogen and oxygen atoms in total. The smallest absolute Gasteiger partial charge is 0.321 e. The van der Waals surface area contributed by atoms with Crippen molar-refractivity contribution < 1.29 is 9.72 Å². The van der Waals surface area contributed by atoms with Gasteiger partial charge in [0.2, 0.25) is 0 Å². The topological polar surface area (TPSA) is 102 Å². The number of urea groups is 1. The third kappa shape index (κ3) is 3.69. The van der Waals surface area contributed by atoms with Gasteiger partial charge in [0.15, 0.2) is 0 Å². The number of anilines is 1. The molecule has 0 bridgehead atoms. The Bertz CT molecular complexity index is 535. The highest BCUT2D eigenvalue weighted by Crippen LogP contribution is 2.21. The van der Waals surface area contributed by atoms with Crippen LogP contribution in [0.3, 0.4) is 0 Å². The standard InChI is InChI=1S/C14H20N4O3/c1-2-10-9-17(7-6-13(10)15)14(19)16-11-4-3-5-12(8-11)18(20)21/h3-5,8,10,13H,2,6-7,9,15H2,1H3,(H,16,19). The van der Waals surface area contributed by atoms with E-state index >= 15 is 0 Å². The summed E-state index contributed by atoms with van der Waals surface area (Å²) in [6, 6.07) is 5.83. The number of carbonyl (C=O) groups excluding carboxylic acids is 1. The van der Waals surface area contributed by atoms with E-state index < -0.39 is 4.92 Å². The SMILES string of the molecule is CCC1CN(C(=O)Nc2cccc([N+](=O)[O-])c2)CCC1N. The summed E-state index contributed by atoms with van der Waals surface area (Å²) in [5.41, 5.74) is 6.41. The first-order valence-electron chi connectivity index (χ1n) is 7.07. The van der Waals surface area contributed by atoms with Gasteiger partial charge in [0, 0.05) is 37.0 Å². The highest BCUT2D eigenvalue weighted by molar-refractivity contribution is 5.89. The van der Waals surface area contributed by atoms with Gasteiger partial charge in [-0.3, -0.25) is 10.1 Å². The summed E-state index contributed by atoms with van der Waals surface area (Å²) in [5, 5.41) is 13.4. The number of nitrogens with two attached hydrogens (primary N) is 1. The molecule has 0 aliphatic carbocycles. The van der Waals surface area contributed by atoms with E-state index in [0.29, 0.717) is 24.7 Å². The van der Waals surface area contributed by atoms with Crippen molar-refractivity contribution in [2.45, 2.75) is 25.8 Å². The number of nitro groups is 1. The Morgan fingerprint density at radius 3 is 3.00 bits per heavy atom. The van der Waals surface area contributed by atoms with Crippen LogP contribution in [-0.2, 0) is 0 Å². The zero-order valence-corrected chi connectivity index (χ0v) is 12.0. The molecule has 2 unspecified atom stereocenters. The number of hydrogen-bond acceptors (Lipinski definition) is 4. The Morgan fingerprint density at radius 2 is 2.33 bits per heavy atom. The van der Waals surface area contributed by atoms with Gasteiger partial charge in [-0.15, -0.1) is 0 Å². The number of nitro benzene ring substituents is 1. The van der Waals surface area contributed by atoms with Gasteiger partial charge in [0.1, 0.15) is 0 Å². The summed E-state index contributed by atoms with van der Waals surface area (Å²) in [5.74, 6) is 0.301. The normalized spacial score (nSPS) is 21.9. The predicted molar refractivity (Wildman–Crippen MR) is 80.1 cm³/mol. The van der Waals surface area contributed by atoms with E-state index in [9.17, 15) is 14.9 Å². The molecule has 0 radical (unpaired) electrons. The zero-order chi connectivity index (χ0) is 15.4. The average molecular weight is 292 g/mol. The largest absolute Gasteiger partial charge is 0.327 e. The number of carbonyl (C=O) groups is 1. The molecule has 1 aromatic carbocycles. The van der Waals surface area contributed by atoms with Gasteiger partial charge in [-0.05, 0) is 18.4 Å². The maximum atomic E-state index is 12.2. The molecule has 0 aromatic heterocycles. The predicted octanol–water partition coefficient (Wildman–Crippen LogP) is 2.19. The summed E-state index contributed by atoms with van der Waals surface area (Å²) in [4.78, 5) is 24.2. The van der Waals surface area contributed by atoms with Crippen molar-refractivity contribution in [1.29, 1.82) is 0 Å². The molecule has 1 heterocycles. The van der Waals surface area contributed by atoms with Crippen molar-refractivity contribution in [2.24, 2.45) is 11.7 Å². The lowest BCUT2D eigenvalue weighted by Gasteiger charge is -2.36. The minimum Gasteiger partial charge on any atom is -0.327 e. The minimum absolute atomic E-state index is 0.0418. The second kappa shape index (κ2) is 6.53. The Labute approximate surface area is 123 Å². The molecule has 21 heavy (non-hydrogen) atoms. The van der Waals surface area contributed by atoms with Gasteiger partial charge in [0.05, 0.1) is 4.92 Å². The number of piperidine rings is 1. The molecule has 1 aliphatic rings. The fourth-order valence-electron chi connectivity index (χ4n) is 2.57. The maximum absolute atomic E-state index is 12.2. The first-order chi connectivity index (χ1) is 10.0. The van der Waals surface area contributed by atoms with Crippen LogP contribution >= 0.6 is 0 Å². The summed E-state index contributed by atoms with van der Waals surface area (Å²) in [6.07, 6.45) is 1.71. The Balaban J connectivity index is 2.01. The molecule has 2 atom stereocenters. The first-order valence-corrected chi connectivity index (χ1v) is 7.07. The number of rotatable bonds is 3. The third-order valence-electron chi connectivity index (χ3n) is 3.91. The van der Waals surface area contributed by atoms with Gasteiger partial charge >= 0.3 is 6.03 Å². The lowest BCUT2D eigenvalue weighted by molar-refractivity contribution is -0.384. The quantitative estimate of drug-likeness (QED) is 0.658. The van der Waals surface area contributed by atoms with Gasteiger partial charge in [0.25, 0.3) is 5.69 Å². The van der Waals surface area contributed by atoms with Crippen LogP contribution in [0.15, 0.2) is 24.3 Å². The Morgan fingerprint density at radius 1 is 1.57 bits per heavy atom. The Kier molecular flexibility index (Phi) is 4.74. The Hall–Kier alpha value is -2.15. The van der Waals surface area contributed by atoms with E-state index in [1.165, 1.54) is 12.1 Å². The summed E-state index contributed by atoms with van der Waals surface area (Å²) >= 11 is 0. The molecule has 114 valence electrons. The van der Waals surface area contributed by atoms with Crippen LogP contribution in [0.4, 0.5) is 16.2 Å². The summed E-state index contributed by atoms with van der Waals surface area (Å²) in [6.45, 7) is 3.29. The average Bonchev–Trinajstić information content (AvgIpc) is 2.47. The van der Waals surface area contributed by atoms with Crippen molar-refractivity contribution in [3.63, 3.8) is 0 Å². The van der Waals surface area contributed by atoms with Crippen LogP contribution < -0.4 is 11.1 Å². The number of hydrogen-bond donors (Lipinski definition) is 2. The van der Waals surface area contributed by atoms with E-state index in [4.69, 9.17) is 5.73 Å². The maximum Gasteiger partial charge on any atom is 0.321 e. The molecule has 2 rings (SSSR count). The molecule has 7 heteroatoms.